The summed E-state index contributed by atoms with van der Waals surface area (Å²) in [7, 11) is -3.50. The Morgan fingerprint density at radius 2 is 2.04 bits per heavy atom. The van der Waals surface area contributed by atoms with E-state index in [4.69, 9.17) is 5.73 Å². The standard InChI is InChI=1S/C16H23FN4O4S/c1-11(12-5-6-13(17)14(18)9-12)20-26(24,25)8-4-2-3-7-21-10-15(22)19-16(21)23/h5-6,9,11,20H,2-4,7-8,10,18H2,1H3,(H,19,22,23). The summed E-state index contributed by atoms with van der Waals surface area (Å²) in [6.45, 7) is 2.13. The number of hydrogen-bond acceptors (Lipinski definition) is 5. The van der Waals surface area contributed by atoms with Crippen molar-refractivity contribution < 1.29 is 22.4 Å². The average Bonchev–Trinajstić information content (AvgIpc) is 2.86. The van der Waals surface area contributed by atoms with Crippen LogP contribution in [-0.4, -0.2) is 44.1 Å². The van der Waals surface area contributed by atoms with Crippen molar-refractivity contribution in [3.8, 4) is 0 Å². The summed E-state index contributed by atoms with van der Waals surface area (Å²) in [5.41, 5.74) is 6.05. The molecule has 1 aliphatic rings. The number of unbranched alkanes of at least 4 members (excludes halogenated alkanes) is 2. The molecule has 4 N–H and O–H groups in total. The summed E-state index contributed by atoms with van der Waals surface area (Å²) >= 11 is 0. The number of anilines is 1. The zero-order valence-electron chi connectivity index (χ0n) is 14.5. The van der Waals surface area contributed by atoms with Crippen LogP contribution in [0.5, 0.6) is 0 Å². The summed E-state index contributed by atoms with van der Waals surface area (Å²) in [6, 6.07) is 3.17. The maximum absolute atomic E-state index is 13.2. The van der Waals surface area contributed by atoms with Crippen LogP contribution in [0.4, 0.5) is 14.9 Å². The minimum absolute atomic E-state index is 0.0296. The van der Waals surface area contributed by atoms with Gasteiger partial charge in [0.2, 0.25) is 15.9 Å². The van der Waals surface area contributed by atoms with Crippen molar-refractivity contribution >= 4 is 27.6 Å². The number of halogens is 1. The van der Waals surface area contributed by atoms with E-state index in [0.29, 0.717) is 31.4 Å². The molecule has 0 bridgehead atoms. The van der Waals surface area contributed by atoms with Crippen molar-refractivity contribution in [2.24, 2.45) is 0 Å². The lowest BCUT2D eigenvalue weighted by Gasteiger charge is -2.16. The van der Waals surface area contributed by atoms with Crippen molar-refractivity contribution in [2.45, 2.75) is 32.2 Å². The zero-order valence-corrected chi connectivity index (χ0v) is 15.3. The van der Waals surface area contributed by atoms with Gasteiger partial charge in [-0.3, -0.25) is 10.1 Å². The Morgan fingerprint density at radius 3 is 2.65 bits per heavy atom. The van der Waals surface area contributed by atoms with Crippen molar-refractivity contribution in [2.75, 3.05) is 24.6 Å². The van der Waals surface area contributed by atoms with Gasteiger partial charge in [0.05, 0.1) is 11.4 Å². The lowest BCUT2D eigenvalue weighted by molar-refractivity contribution is -0.118. The normalized spacial score (nSPS) is 16.0. The maximum Gasteiger partial charge on any atom is 0.324 e. The van der Waals surface area contributed by atoms with Gasteiger partial charge in [0.25, 0.3) is 0 Å². The summed E-state index contributed by atoms with van der Waals surface area (Å²) in [5, 5.41) is 2.19. The van der Waals surface area contributed by atoms with Crippen LogP contribution in [0.2, 0.25) is 0 Å². The Labute approximate surface area is 152 Å². The molecule has 1 heterocycles. The average molecular weight is 386 g/mol. The lowest BCUT2D eigenvalue weighted by Crippen LogP contribution is -2.30. The number of benzene rings is 1. The van der Waals surface area contributed by atoms with Crippen LogP contribution in [0.1, 0.15) is 37.8 Å². The highest BCUT2D eigenvalue weighted by molar-refractivity contribution is 7.89. The Bertz CT molecular complexity index is 784. The fourth-order valence-electron chi connectivity index (χ4n) is 2.66. The number of hydrogen-bond donors (Lipinski definition) is 3. The van der Waals surface area contributed by atoms with Crippen LogP contribution in [0.15, 0.2) is 18.2 Å². The molecule has 144 valence electrons. The molecule has 8 nitrogen and oxygen atoms in total. The fraction of sp³-hybridized carbons (Fsp3) is 0.500. The van der Waals surface area contributed by atoms with E-state index in [9.17, 15) is 22.4 Å². The number of sulfonamides is 1. The number of carbonyl (C=O) groups is 2. The third-order valence-corrected chi connectivity index (χ3v) is 5.62. The van der Waals surface area contributed by atoms with Gasteiger partial charge in [-0.1, -0.05) is 12.5 Å². The number of rotatable bonds is 9. The van der Waals surface area contributed by atoms with Gasteiger partial charge in [-0.15, -0.1) is 0 Å². The van der Waals surface area contributed by atoms with E-state index in [2.05, 4.69) is 10.0 Å². The third-order valence-electron chi connectivity index (χ3n) is 4.09. The SMILES string of the molecule is CC(NS(=O)(=O)CCCCCN1CC(=O)NC1=O)c1ccc(F)c(N)c1. The highest BCUT2D eigenvalue weighted by atomic mass is 32.2. The topological polar surface area (TPSA) is 122 Å². The molecule has 26 heavy (non-hydrogen) atoms. The molecule has 0 aromatic heterocycles. The molecule has 0 aliphatic carbocycles. The van der Waals surface area contributed by atoms with E-state index >= 15 is 0 Å². The molecule has 0 radical (unpaired) electrons. The van der Waals surface area contributed by atoms with Gasteiger partial charge in [-0.2, -0.15) is 0 Å². The first-order chi connectivity index (χ1) is 12.2. The second-order valence-electron chi connectivity index (χ2n) is 6.27. The van der Waals surface area contributed by atoms with Crippen LogP contribution in [-0.2, 0) is 14.8 Å². The first-order valence-electron chi connectivity index (χ1n) is 8.31. The number of nitrogen functional groups attached to an aromatic ring is 1. The van der Waals surface area contributed by atoms with Crippen LogP contribution in [0, 0.1) is 5.82 Å². The van der Waals surface area contributed by atoms with E-state index < -0.39 is 27.9 Å². The summed E-state index contributed by atoms with van der Waals surface area (Å²) in [4.78, 5) is 23.8. The lowest BCUT2D eigenvalue weighted by atomic mass is 10.1. The maximum atomic E-state index is 13.2. The van der Waals surface area contributed by atoms with E-state index in [0.717, 1.165) is 0 Å². The van der Waals surface area contributed by atoms with Gasteiger partial charge >= 0.3 is 6.03 Å². The van der Waals surface area contributed by atoms with Crippen LogP contribution in [0.3, 0.4) is 0 Å². The van der Waals surface area contributed by atoms with Crippen molar-refractivity contribution in [1.29, 1.82) is 0 Å². The predicted octanol–water partition coefficient (Wildman–Crippen LogP) is 1.11. The van der Waals surface area contributed by atoms with E-state index in [-0.39, 0.29) is 23.9 Å². The van der Waals surface area contributed by atoms with Gasteiger partial charge in [-0.25, -0.2) is 22.3 Å². The molecular weight excluding hydrogens is 363 g/mol. The minimum Gasteiger partial charge on any atom is -0.396 e. The number of imide groups is 1. The Kier molecular flexibility index (Phi) is 6.54. The molecule has 1 aromatic rings. The Hall–Kier alpha value is -2.20. The Morgan fingerprint density at radius 1 is 1.31 bits per heavy atom. The molecule has 0 saturated carbocycles. The number of nitrogens with one attached hydrogen (secondary N) is 2. The largest absolute Gasteiger partial charge is 0.396 e. The van der Waals surface area contributed by atoms with E-state index in [1.165, 1.54) is 23.1 Å². The molecule has 3 amide bonds. The monoisotopic (exact) mass is 386 g/mol. The number of nitrogens with zero attached hydrogens (tertiary/aromatic N) is 1. The molecule has 1 atom stereocenters. The van der Waals surface area contributed by atoms with E-state index in [1.807, 2.05) is 0 Å². The first kappa shape index (κ1) is 20.1. The molecule has 1 unspecified atom stereocenters. The van der Waals surface area contributed by atoms with Crippen molar-refractivity contribution in [3.63, 3.8) is 0 Å². The van der Waals surface area contributed by atoms with Gasteiger partial charge in [0.1, 0.15) is 12.4 Å². The smallest absolute Gasteiger partial charge is 0.324 e. The fourth-order valence-corrected chi connectivity index (χ4v) is 4.04. The quantitative estimate of drug-likeness (QED) is 0.333. The molecule has 10 heteroatoms. The molecule has 1 aliphatic heterocycles. The highest BCUT2D eigenvalue weighted by Crippen LogP contribution is 2.19. The predicted molar refractivity (Wildman–Crippen MR) is 95.1 cm³/mol. The van der Waals surface area contributed by atoms with Crippen LogP contribution in [0.25, 0.3) is 0 Å². The molecule has 2 rings (SSSR count). The second-order valence-corrected chi connectivity index (χ2v) is 8.15. The summed E-state index contributed by atoms with van der Waals surface area (Å²) in [6.07, 6.45) is 1.65. The summed E-state index contributed by atoms with van der Waals surface area (Å²) in [5.74, 6) is -0.923. The van der Waals surface area contributed by atoms with Gasteiger partial charge in [0.15, 0.2) is 0 Å². The molecule has 0 spiro atoms. The molecule has 1 fully saturated rings. The summed E-state index contributed by atoms with van der Waals surface area (Å²) < 4.78 is 40.0. The molecule has 1 aromatic carbocycles. The van der Waals surface area contributed by atoms with Gasteiger partial charge < -0.3 is 10.6 Å². The van der Waals surface area contributed by atoms with Crippen LogP contribution < -0.4 is 15.8 Å². The Balaban J connectivity index is 1.73. The molecule has 1 saturated heterocycles. The second kappa shape index (κ2) is 8.45. The highest BCUT2D eigenvalue weighted by Gasteiger charge is 2.25. The van der Waals surface area contributed by atoms with Gasteiger partial charge in [-0.05, 0) is 37.5 Å². The number of carbonyl (C=O) groups excluding carboxylic acids is 2. The zero-order chi connectivity index (χ0) is 19.3. The number of amides is 3. The third kappa shape index (κ3) is 5.67. The van der Waals surface area contributed by atoms with E-state index in [1.54, 1.807) is 6.92 Å². The van der Waals surface area contributed by atoms with Crippen molar-refractivity contribution in [3.05, 3.63) is 29.6 Å². The first-order valence-corrected chi connectivity index (χ1v) is 9.97. The van der Waals surface area contributed by atoms with Gasteiger partial charge in [0, 0.05) is 12.6 Å². The number of nitrogens with two attached hydrogens (primary N) is 1. The van der Waals surface area contributed by atoms with Crippen LogP contribution >= 0.6 is 0 Å². The molecular formula is C16H23FN4O4S. The van der Waals surface area contributed by atoms with Crippen molar-refractivity contribution in [1.82, 2.24) is 14.9 Å². The number of urea groups is 1. The minimum atomic E-state index is -3.50.